The smallest absolute Gasteiger partial charge is 0.257 e. The summed E-state index contributed by atoms with van der Waals surface area (Å²) in [6.45, 7) is 0.706. The first kappa shape index (κ1) is 14.8. The number of likely N-dealkylation sites (tertiary alicyclic amines) is 1. The molecule has 1 heterocycles. The Balaban J connectivity index is 2.16. The first-order valence-electron chi connectivity index (χ1n) is 6.45. The zero-order valence-corrected chi connectivity index (χ0v) is 12.9. The molecular formula is C14H16BrClFNO. The van der Waals surface area contributed by atoms with Crippen molar-refractivity contribution < 1.29 is 9.18 Å². The zero-order valence-electron chi connectivity index (χ0n) is 10.5. The number of carbonyl (C=O) groups is 1. The predicted octanol–water partition coefficient (Wildman–Crippen LogP) is 4.21. The van der Waals surface area contributed by atoms with E-state index in [1.807, 2.05) is 0 Å². The minimum Gasteiger partial charge on any atom is -0.336 e. The molecule has 2 rings (SSSR count). The van der Waals surface area contributed by atoms with Crippen LogP contribution in [0.2, 0.25) is 0 Å². The van der Waals surface area contributed by atoms with Gasteiger partial charge >= 0.3 is 0 Å². The van der Waals surface area contributed by atoms with Crippen molar-refractivity contribution in [3.8, 4) is 0 Å². The summed E-state index contributed by atoms with van der Waals surface area (Å²) in [6.07, 6.45) is 3.74. The number of carbonyl (C=O) groups excluding carboxylic acids is 1. The minimum absolute atomic E-state index is 0.146. The summed E-state index contributed by atoms with van der Waals surface area (Å²) < 4.78 is 14.5. The van der Waals surface area contributed by atoms with Crippen LogP contribution in [0.3, 0.4) is 0 Å². The Morgan fingerprint density at radius 3 is 3.05 bits per heavy atom. The maximum atomic E-state index is 13.8. The predicted molar refractivity (Wildman–Crippen MR) is 78.1 cm³/mol. The van der Waals surface area contributed by atoms with Gasteiger partial charge in [0.05, 0.1) is 5.56 Å². The summed E-state index contributed by atoms with van der Waals surface area (Å²) >= 11 is 8.98. The van der Waals surface area contributed by atoms with Gasteiger partial charge in [-0.1, -0.05) is 15.9 Å². The average Bonchev–Trinajstić information content (AvgIpc) is 2.86. The maximum absolute atomic E-state index is 13.8. The topological polar surface area (TPSA) is 20.3 Å². The van der Waals surface area contributed by atoms with Crippen LogP contribution >= 0.6 is 27.5 Å². The van der Waals surface area contributed by atoms with Gasteiger partial charge in [0.2, 0.25) is 0 Å². The highest BCUT2D eigenvalue weighted by molar-refractivity contribution is 9.10. The molecule has 5 heteroatoms. The van der Waals surface area contributed by atoms with E-state index < -0.39 is 5.82 Å². The van der Waals surface area contributed by atoms with Crippen LogP contribution in [0.4, 0.5) is 4.39 Å². The molecule has 1 aliphatic rings. The minimum atomic E-state index is -0.462. The Labute approximate surface area is 126 Å². The number of nitrogens with zero attached hydrogens (tertiary/aromatic N) is 1. The number of amides is 1. The molecule has 2 nitrogen and oxygen atoms in total. The maximum Gasteiger partial charge on any atom is 0.257 e. The quantitative estimate of drug-likeness (QED) is 0.746. The van der Waals surface area contributed by atoms with Gasteiger partial charge in [0, 0.05) is 22.9 Å². The number of benzene rings is 1. The Kier molecular flexibility index (Phi) is 5.22. The fourth-order valence-electron chi connectivity index (χ4n) is 2.53. The van der Waals surface area contributed by atoms with Crippen molar-refractivity contribution in [2.75, 3.05) is 12.4 Å². The van der Waals surface area contributed by atoms with E-state index in [4.69, 9.17) is 11.6 Å². The molecule has 0 saturated carbocycles. The zero-order chi connectivity index (χ0) is 13.8. The van der Waals surface area contributed by atoms with Gasteiger partial charge < -0.3 is 4.90 Å². The third-order valence-corrected chi connectivity index (χ3v) is 4.23. The van der Waals surface area contributed by atoms with Gasteiger partial charge in [-0.15, -0.1) is 11.6 Å². The fourth-order valence-corrected chi connectivity index (χ4v) is 3.05. The van der Waals surface area contributed by atoms with Crippen molar-refractivity contribution in [2.24, 2.45) is 0 Å². The summed E-state index contributed by atoms with van der Waals surface area (Å²) in [7, 11) is 0. The van der Waals surface area contributed by atoms with E-state index in [0.717, 1.165) is 25.7 Å². The number of hydrogen-bond donors (Lipinski definition) is 0. The molecule has 104 valence electrons. The van der Waals surface area contributed by atoms with Crippen molar-refractivity contribution in [3.63, 3.8) is 0 Å². The van der Waals surface area contributed by atoms with Gasteiger partial charge in [-0.05, 0) is 43.9 Å². The second-order valence-corrected chi connectivity index (χ2v) is 6.04. The van der Waals surface area contributed by atoms with Gasteiger partial charge in [0.1, 0.15) is 5.82 Å². The normalized spacial score (nSPS) is 18.9. The molecule has 0 aromatic heterocycles. The van der Waals surface area contributed by atoms with E-state index in [1.165, 1.54) is 6.07 Å². The van der Waals surface area contributed by atoms with Crippen LogP contribution in [-0.4, -0.2) is 29.3 Å². The summed E-state index contributed by atoms with van der Waals surface area (Å²) in [4.78, 5) is 14.2. The summed E-state index contributed by atoms with van der Waals surface area (Å²) in [6, 6.07) is 4.67. The molecule has 1 saturated heterocycles. The molecule has 1 amide bonds. The molecule has 0 spiro atoms. The van der Waals surface area contributed by atoms with Crippen LogP contribution in [0, 0.1) is 5.82 Å². The van der Waals surface area contributed by atoms with Crippen LogP contribution in [0.5, 0.6) is 0 Å². The number of hydrogen-bond acceptors (Lipinski definition) is 1. The van der Waals surface area contributed by atoms with E-state index >= 15 is 0 Å². The van der Waals surface area contributed by atoms with Crippen molar-refractivity contribution in [2.45, 2.75) is 31.7 Å². The lowest BCUT2D eigenvalue weighted by atomic mass is 10.1. The van der Waals surface area contributed by atoms with Crippen LogP contribution in [0.1, 0.15) is 36.0 Å². The van der Waals surface area contributed by atoms with Crippen molar-refractivity contribution in [1.29, 1.82) is 0 Å². The van der Waals surface area contributed by atoms with Gasteiger partial charge in [-0.25, -0.2) is 4.39 Å². The average molecular weight is 349 g/mol. The van der Waals surface area contributed by atoms with Crippen molar-refractivity contribution in [1.82, 2.24) is 4.90 Å². The van der Waals surface area contributed by atoms with E-state index in [0.29, 0.717) is 16.9 Å². The molecule has 0 N–H and O–H groups in total. The number of halogens is 3. The Morgan fingerprint density at radius 2 is 2.32 bits per heavy atom. The monoisotopic (exact) mass is 347 g/mol. The Hall–Kier alpha value is -0.610. The highest BCUT2D eigenvalue weighted by Gasteiger charge is 2.30. The fraction of sp³-hybridized carbons (Fsp3) is 0.500. The highest BCUT2D eigenvalue weighted by atomic mass is 79.9. The van der Waals surface area contributed by atoms with Gasteiger partial charge in [-0.3, -0.25) is 4.79 Å². The second kappa shape index (κ2) is 6.71. The largest absolute Gasteiger partial charge is 0.336 e. The molecule has 0 aliphatic carbocycles. The first-order chi connectivity index (χ1) is 9.13. The summed E-state index contributed by atoms with van der Waals surface area (Å²) in [5.41, 5.74) is 0.146. The Bertz CT molecular complexity index is 469. The SMILES string of the molecule is O=C(c1cc(Br)ccc1F)N1CCCC1CCCCl. The number of alkyl halides is 1. The molecule has 1 atom stereocenters. The molecule has 0 radical (unpaired) electrons. The third-order valence-electron chi connectivity index (χ3n) is 3.47. The van der Waals surface area contributed by atoms with Crippen LogP contribution < -0.4 is 0 Å². The Morgan fingerprint density at radius 1 is 1.53 bits per heavy atom. The molecular weight excluding hydrogens is 333 g/mol. The highest BCUT2D eigenvalue weighted by Crippen LogP contribution is 2.25. The van der Waals surface area contributed by atoms with E-state index in [-0.39, 0.29) is 17.5 Å². The summed E-state index contributed by atoms with van der Waals surface area (Å²) in [5.74, 6) is -0.0730. The van der Waals surface area contributed by atoms with E-state index in [1.54, 1.807) is 17.0 Å². The van der Waals surface area contributed by atoms with Gasteiger partial charge in [0.15, 0.2) is 0 Å². The lowest BCUT2D eigenvalue weighted by molar-refractivity contribution is 0.0725. The number of rotatable bonds is 4. The first-order valence-corrected chi connectivity index (χ1v) is 7.78. The summed E-state index contributed by atoms with van der Waals surface area (Å²) in [5, 5.41) is 0. The molecule has 1 fully saturated rings. The van der Waals surface area contributed by atoms with E-state index in [9.17, 15) is 9.18 Å². The lowest BCUT2D eigenvalue weighted by Crippen LogP contribution is -2.36. The molecule has 1 aromatic carbocycles. The standard InChI is InChI=1S/C14H16BrClFNO/c15-10-5-6-13(17)12(9-10)14(19)18-8-2-4-11(18)3-1-7-16/h5-6,9,11H,1-4,7-8H2. The third kappa shape index (κ3) is 3.48. The van der Waals surface area contributed by atoms with Crippen LogP contribution in [-0.2, 0) is 0 Å². The van der Waals surface area contributed by atoms with Gasteiger partial charge in [0.25, 0.3) is 5.91 Å². The van der Waals surface area contributed by atoms with Crippen molar-refractivity contribution >= 4 is 33.4 Å². The molecule has 19 heavy (non-hydrogen) atoms. The van der Waals surface area contributed by atoms with Gasteiger partial charge in [-0.2, -0.15) is 0 Å². The van der Waals surface area contributed by atoms with Crippen LogP contribution in [0.25, 0.3) is 0 Å². The molecule has 1 unspecified atom stereocenters. The van der Waals surface area contributed by atoms with Crippen molar-refractivity contribution in [3.05, 3.63) is 34.1 Å². The van der Waals surface area contributed by atoms with E-state index in [2.05, 4.69) is 15.9 Å². The molecule has 1 aromatic rings. The van der Waals surface area contributed by atoms with Crippen LogP contribution in [0.15, 0.2) is 22.7 Å². The lowest BCUT2D eigenvalue weighted by Gasteiger charge is -2.25. The molecule has 1 aliphatic heterocycles. The molecule has 0 bridgehead atoms. The second-order valence-electron chi connectivity index (χ2n) is 4.75.